The zero-order chi connectivity index (χ0) is 12.1. The third kappa shape index (κ3) is 3.46. The molecule has 0 spiro atoms. The van der Waals surface area contributed by atoms with E-state index in [2.05, 4.69) is 10.6 Å². The second kappa shape index (κ2) is 5.68. The highest BCUT2D eigenvalue weighted by Gasteiger charge is 2.16. The molecule has 0 saturated heterocycles. The van der Waals surface area contributed by atoms with Crippen LogP contribution in [0.4, 0.5) is 10.5 Å². The number of anilines is 1. The van der Waals surface area contributed by atoms with Gasteiger partial charge in [-0.1, -0.05) is 25.0 Å². The number of aliphatic hydroxyl groups is 1. The number of hydrogen-bond donors (Lipinski definition) is 3. The molecule has 0 unspecified atom stereocenters. The summed E-state index contributed by atoms with van der Waals surface area (Å²) in [5.74, 6) is 0. The van der Waals surface area contributed by atoms with Gasteiger partial charge in [-0.2, -0.15) is 0 Å². The summed E-state index contributed by atoms with van der Waals surface area (Å²) in [7, 11) is 0. The topological polar surface area (TPSA) is 61.4 Å². The van der Waals surface area contributed by atoms with Gasteiger partial charge in [-0.3, -0.25) is 0 Å². The molecule has 1 aliphatic rings. The monoisotopic (exact) mass is 234 g/mol. The molecule has 2 amide bonds. The standard InChI is InChI=1S/C13H18N2O2/c16-9-10-4-3-7-12(8-10)15-13(17)14-11-5-1-2-6-11/h3-4,7-8,11,16H,1-2,5-6,9H2,(H2,14,15,17). The van der Waals surface area contributed by atoms with E-state index in [0.29, 0.717) is 11.7 Å². The fourth-order valence-electron chi connectivity index (χ4n) is 2.17. The van der Waals surface area contributed by atoms with Gasteiger partial charge < -0.3 is 15.7 Å². The lowest BCUT2D eigenvalue weighted by Crippen LogP contribution is -2.36. The maximum atomic E-state index is 11.7. The molecule has 2 rings (SSSR count). The number of aliphatic hydroxyl groups excluding tert-OH is 1. The molecule has 0 aliphatic heterocycles. The summed E-state index contributed by atoms with van der Waals surface area (Å²) in [6.07, 6.45) is 4.55. The second-order valence-electron chi connectivity index (χ2n) is 4.44. The highest BCUT2D eigenvalue weighted by atomic mass is 16.3. The maximum Gasteiger partial charge on any atom is 0.319 e. The van der Waals surface area contributed by atoms with Crippen molar-refractivity contribution in [1.29, 1.82) is 0 Å². The lowest BCUT2D eigenvalue weighted by Gasteiger charge is -2.13. The number of urea groups is 1. The quantitative estimate of drug-likeness (QED) is 0.751. The van der Waals surface area contributed by atoms with Crippen molar-refractivity contribution in [2.75, 3.05) is 5.32 Å². The Labute approximate surface area is 101 Å². The van der Waals surface area contributed by atoms with E-state index in [9.17, 15) is 4.79 Å². The number of benzene rings is 1. The fourth-order valence-corrected chi connectivity index (χ4v) is 2.17. The van der Waals surface area contributed by atoms with Crippen molar-refractivity contribution in [3.05, 3.63) is 29.8 Å². The molecule has 4 heteroatoms. The van der Waals surface area contributed by atoms with Crippen LogP contribution in [0, 0.1) is 0 Å². The molecule has 0 radical (unpaired) electrons. The zero-order valence-corrected chi connectivity index (χ0v) is 9.78. The average molecular weight is 234 g/mol. The number of amides is 2. The summed E-state index contributed by atoms with van der Waals surface area (Å²) in [5, 5.41) is 14.7. The normalized spacial score (nSPS) is 15.8. The van der Waals surface area contributed by atoms with Crippen LogP contribution in [0.25, 0.3) is 0 Å². The van der Waals surface area contributed by atoms with Crippen LogP contribution in [0.15, 0.2) is 24.3 Å². The van der Waals surface area contributed by atoms with E-state index in [1.54, 1.807) is 6.07 Å². The van der Waals surface area contributed by atoms with Crippen molar-refractivity contribution >= 4 is 11.7 Å². The maximum absolute atomic E-state index is 11.7. The number of nitrogens with one attached hydrogen (secondary N) is 2. The molecule has 4 nitrogen and oxygen atoms in total. The Kier molecular flexibility index (Phi) is 3.98. The zero-order valence-electron chi connectivity index (χ0n) is 9.78. The van der Waals surface area contributed by atoms with Crippen LogP contribution in [0.1, 0.15) is 31.2 Å². The van der Waals surface area contributed by atoms with E-state index >= 15 is 0 Å². The van der Waals surface area contributed by atoms with Crippen molar-refractivity contribution in [3.8, 4) is 0 Å². The van der Waals surface area contributed by atoms with Crippen LogP contribution in [0.3, 0.4) is 0 Å². The van der Waals surface area contributed by atoms with Crippen molar-refractivity contribution < 1.29 is 9.90 Å². The number of carbonyl (C=O) groups excluding carboxylic acids is 1. The molecule has 92 valence electrons. The molecule has 0 atom stereocenters. The van der Waals surface area contributed by atoms with Crippen LogP contribution in [0.5, 0.6) is 0 Å². The molecule has 1 saturated carbocycles. The van der Waals surface area contributed by atoms with Crippen LogP contribution in [-0.2, 0) is 6.61 Å². The van der Waals surface area contributed by atoms with Gasteiger partial charge >= 0.3 is 6.03 Å². The predicted molar refractivity (Wildman–Crippen MR) is 66.8 cm³/mol. The first-order chi connectivity index (χ1) is 8.28. The Balaban J connectivity index is 1.88. The molecule has 1 aromatic carbocycles. The largest absolute Gasteiger partial charge is 0.392 e. The molecule has 3 N–H and O–H groups in total. The highest BCUT2D eigenvalue weighted by molar-refractivity contribution is 5.89. The third-order valence-electron chi connectivity index (χ3n) is 3.06. The van der Waals surface area contributed by atoms with E-state index in [1.807, 2.05) is 18.2 Å². The van der Waals surface area contributed by atoms with E-state index in [4.69, 9.17) is 5.11 Å². The SMILES string of the molecule is O=C(Nc1cccc(CO)c1)NC1CCCC1. The molecule has 1 aliphatic carbocycles. The van der Waals surface area contributed by atoms with Crippen molar-refractivity contribution in [1.82, 2.24) is 5.32 Å². The van der Waals surface area contributed by atoms with Crippen LogP contribution in [0.2, 0.25) is 0 Å². The molecule has 0 aromatic heterocycles. The molecule has 0 bridgehead atoms. The molecular formula is C13H18N2O2. The summed E-state index contributed by atoms with van der Waals surface area (Å²) < 4.78 is 0. The first kappa shape index (κ1) is 11.9. The Morgan fingerprint density at radius 1 is 1.35 bits per heavy atom. The Hall–Kier alpha value is -1.55. The Morgan fingerprint density at radius 3 is 2.82 bits per heavy atom. The first-order valence-corrected chi connectivity index (χ1v) is 6.05. The number of carbonyl (C=O) groups is 1. The molecule has 1 fully saturated rings. The lowest BCUT2D eigenvalue weighted by atomic mass is 10.2. The van der Waals surface area contributed by atoms with Gasteiger partial charge in [-0.05, 0) is 30.5 Å². The van der Waals surface area contributed by atoms with Crippen LogP contribution >= 0.6 is 0 Å². The van der Waals surface area contributed by atoms with E-state index in [1.165, 1.54) is 12.8 Å². The Morgan fingerprint density at radius 2 is 2.12 bits per heavy atom. The summed E-state index contributed by atoms with van der Waals surface area (Å²) in [6, 6.07) is 7.38. The van der Waals surface area contributed by atoms with Gasteiger partial charge in [0.2, 0.25) is 0 Å². The molecular weight excluding hydrogens is 216 g/mol. The van der Waals surface area contributed by atoms with Gasteiger partial charge in [-0.25, -0.2) is 4.79 Å². The summed E-state index contributed by atoms with van der Waals surface area (Å²) in [4.78, 5) is 11.7. The third-order valence-corrected chi connectivity index (χ3v) is 3.06. The second-order valence-corrected chi connectivity index (χ2v) is 4.44. The number of hydrogen-bond acceptors (Lipinski definition) is 2. The van der Waals surface area contributed by atoms with Gasteiger partial charge in [0.25, 0.3) is 0 Å². The summed E-state index contributed by atoms with van der Waals surface area (Å²) in [5.41, 5.74) is 1.51. The first-order valence-electron chi connectivity index (χ1n) is 6.05. The Bertz CT molecular complexity index is 387. The van der Waals surface area contributed by atoms with Crippen molar-refractivity contribution in [2.24, 2.45) is 0 Å². The van der Waals surface area contributed by atoms with Gasteiger partial charge in [-0.15, -0.1) is 0 Å². The molecule has 17 heavy (non-hydrogen) atoms. The lowest BCUT2D eigenvalue weighted by molar-refractivity contribution is 0.248. The van der Waals surface area contributed by atoms with Crippen molar-refractivity contribution in [3.63, 3.8) is 0 Å². The number of rotatable bonds is 3. The minimum Gasteiger partial charge on any atom is -0.392 e. The minimum absolute atomic E-state index is 0.0141. The minimum atomic E-state index is -0.160. The molecule has 0 heterocycles. The van der Waals surface area contributed by atoms with Gasteiger partial charge in [0.05, 0.1) is 6.61 Å². The van der Waals surface area contributed by atoms with Gasteiger partial charge in [0, 0.05) is 11.7 Å². The highest BCUT2D eigenvalue weighted by Crippen LogP contribution is 2.18. The van der Waals surface area contributed by atoms with Gasteiger partial charge in [0.1, 0.15) is 0 Å². The van der Waals surface area contributed by atoms with Crippen LogP contribution < -0.4 is 10.6 Å². The van der Waals surface area contributed by atoms with Crippen LogP contribution in [-0.4, -0.2) is 17.2 Å². The smallest absolute Gasteiger partial charge is 0.319 e. The van der Waals surface area contributed by atoms with E-state index in [0.717, 1.165) is 18.4 Å². The summed E-state index contributed by atoms with van der Waals surface area (Å²) in [6.45, 7) is -0.0141. The fraction of sp³-hybridized carbons (Fsp3) is 0.462. The van der Waals surface area contributed by atoms with E-state index in [-0.39, 0.29) is 12.6 Å². The summed E-state index contributed by atoms with van der Waals surface area (Å²) >= 11 is 0. The molecule has 1 aromatic rings. The van der Waals surface area contributed by atoms with Crippen molar-refractivity contribution in [2.45, 2.75) is 38.3 Å². The average Bonchev–Trinajstić information content (AvgIpc) is 2.82. The van der Waals surface area contributed by atoms with E-state index < -0.39 is 0 Å². The van der Waals surface area contributed by atoms with Gasteiger partial charge in [0.15, 0.2) is 0 Å². The predicted octanol–water partition coefficient (Wildman–Crippen LogP) is 2.24.